The summed E-state index contributed by atoms with van der Waals surface area (Å²) in [4.78, 5) is 30.7. The van der Waals surface area contributed by atoms with Gasteiger partial charge < -0.3 is 14.8 Å². The van der Waals surface area contributed by atoms with Crippen LogP contribution in [0.5, 0.6) is 0 Å². The van der Waals surface area contributed by atoms with Crippen molar-refractivity contribution in [1.82, 2.24) is 4.90 Å². The minimum Gasteiger partial charge on any atom is -0.480 e. The molecule has 4 atom stereocenters. The molecule has 3 aliphatic heterocycles. The summed E-state index contributed by atoms with van der Waals surface area (Å²) in [6.07, 6.45) is 0.265. The molecule has 2 saturated heterocycles. The molecular weight excluding hydrogens is 384 g/mol. The van der Waals surface area contributed by atoms with Crippen LogP contribution >= 0.6 is 0 Å². The van der Waals surface area contributed by atoms with Gasteiger partial charge in [-0.3, -0.25) is 4.79 Å². The largest absolute Gasteiger partial charge is 0.480 e. The van der Waals surface area contributed by atoms with E-state index in [0.29, 0.717) is 6.42 Å². The zero-order valence-electron chi connectivity index (χ0n) is 15.8. The van der Waals surface area contributed by atoms with Gasteiger partial charge >= 0.3 is 5.97 Å². The Morgan fingerprint density at radius 1 is 1.32 bits per heavy atom. The smallest absolute Gasteiger partial charge is 0.328 e. The molecule has 9 heteroatoms. The zero-order chi connectivity index (χ0) is 20.4. The van der Waals surface area contributed by atoms with E-state index in [1.54, 1.807) is 0 Å². The predicted octanol–water partition coefficient (Wildman–Crippen LogP) is 1.32. The van der Waals surface area contributed by atoms with Crippen LogP contribution in [0.15, 0.2) is 29.4 Å². The van der Waals surface area contributed by atoms with Gasteiger partial charge in [0.1, 0.15) is 17.5 Å². The molecule has 0 radical (unpaired) electrons. The van der Waals surface area contributed by atoms with E-state index < -0.39 is 49.9 Å². The second-order valence-electron chi connectivity index (χ2n) is 8.20. The fraction of sp³-hybridized carbons (Fsp3) is 0.526. The van der Waals surface area contributed by atoms with Gasteiger partial charge in [-0.2, -0.15) is 0 Å². The van der Waals surface area contributed by atoms with E-state index in [-0.39, 0.29) is 6.42 Å². The average Bonchev–Trinajstić information content (AvgIpc) is 3.13. The quantitative estimate of drug-likeness (QED) is 0.755. The van der Waals surface area contributed by atoms with Crippen LogP contribution in [-0.4, -0.2) is 58.3 Å². The van der Waals surface area contributed by atoms with Crippen LogP contribution in [0.1, 0.15) is 37.8 Å². The van der Waals surface area contributed by atoms with E-state index in [2.05, 4.69) is 5.16 Å². The Balaban J connectivity index is 1.50. The summed E-state index contributed by atoms with van der Waals surface area (Å²) in [6.45, 7) is 4.73. The van der Waals surface area contributed by atoms with Gasteiger partial charge in [-0.05, 0) is 26.3 Å². The molecule has 150 valence electrons. The monoisotopic (exact) mass is 406 g/mol. The normalized spacial score (nSPS) is 32.3. The average molecular weight is 406 g/mol. The summed E-state index contributed by atoms with van der Waals surface area (Å²) in [7, 11) is -3.82. The van der Waals surface area contributed by atoms with E-state index in [0.717, 1.165) is 21.7 Å². The molecule has 4 rings (SSSR count). The number of carbonyl (C=O) groups is 2. The molecule has 0 aromatic heterocycles. The minimum absolute atomic E-state index is 0.195. The third-order valence-corrected chi connectivity index (χ3v) is 8.93. The van der Waals surface area contributed by atoms with Crippen molar-refractivity contribution in [3.8, 4) is 0 Å². The summed E-state index contributed by atoms with van der Waals surface area (Å²) in [5.74, 6) is -2.55. The Hall–Kier alpha value is -2.42. The number of hydrogen-bond acceptors (Lipinski definition) is 6. The highest BCUT2D eigenvalue weighted by atomic mass is 32.2. The Morgan fingerprint density at radius 2 is 1.96 bits per heavy atom. The number of rotatable bonds is 4. The third-order valence-electron chi connectivity index (χ3n) is 6.05. The maximum Gasteiger partial charge on any atom is 0.328 e. The van der Waals surface area contributed by atoms with Crippen molar-refractivity contribution in [1.29, 1.82) is 0 Å². The number of aryl methyl sites for hydroxylation is 1. The maximum absolute atomic E-state index is 12.9. The molecule has 0 saturated carbocycles. The first-order valence-corrected chi connectivity index (χ1v) is 10.7. The molecule has 1 amide bonds. The molecule has 3 aliphatic rings. The Bertz CT molecular complexity index is 982. The van der Waals surface area contributed by atoms with E-state index in [1.165, 1.54) is 13.8 Å². The van der Waals surface area contributed by atoms with Gasteiger partial charge in [-0.1, -0.05) is 35.0 Å². The molecule has 28 heavy (non-hydrogen) atoms. The van der Waals surface area contributed by atoms with Gasteiger partial charge in [0.25, 0.3) is 0 Å². The van der Waals surface area contributed by atoms with Crippen LogP contribution in [0.25, 0.3) is 0 Å². The summed E-state index contributed by atoms with van der Waals surface area (Å²) in [5.41, 5.74) is 2.81. The van der Waals surface area contributed by atoms with Crippen LogP contribution in [0.3, 0.4) is 0 Å². The van der Waals surface area contributed by atoms with Crippen molar-refractivity contribution in [3.05, 3.63) is 35.4 Å². The first-order chi connectivity index (χ1) is 13.1. The molecule has 1 N–H and O–H groups in total. The number of fused-ring (bicyclic) bond motifs is 1. The number of nitrogens with zero attached hydrogens (tertiary/aromatic N) is 2. The zero-order valence-corrected chi connectivity index (χ0v) is 16.6. The number of oxime groups is 1. The van der Waals surface area contributed by atoms with E-state index in [4.69, 9.17) is 4.84 Å². The van der Waals surface area contributed by atoms with Crippen LogP contribution in [-0.2, 0) is 24.3 Å². The molecule has 2 unspecified atom stereocenters. The lowest BCUT2D eigenvalue weighted by atomic mass is 9.86. The number of β-lactam (4-membered cyclic amide) rings is 1. The van der Waals surface area contributed by atoms with Gasteiger partial charge in [0, 0.05) is 12.8 Å². The van der Waals surface area contributed by atoms with E-state index >= 15 is 0 Å². The van der Waals surface area contributed by atoms with Crippen LogP contribution < -0.4 is 0 Å². The van der Waals surface area contributed by atoms with Gasteiger partial charge in [-0.25, -0.2) is 13.2 Å². The van der Waals surface area contributed by atoms with Gasteiger partial charge in [0.05, 0.1) is 16.4 Å². The summed E-state index contributed by atoms with van der Waals surface area (Å²) in [6, 6.07) is 6.46. The second-order valence-corrected chi connectivity index (χ2v) is 10.8. The van der Waals surface area contributed by atoms with Crippen molar-refractivity contribution >= 4 is 27.4 Å². The fourth-order valence-corrected chi connectivity index (χ4v) is 6.71. The van der Waals surface area contributed by atoms with Crippen LogP contribution in [0, 0.1) is 12.8 Å². The topological polar surface area (TPSA) is 113 Å². The van der Waals surface area contributed by atoms with Crippen LogP contribution in [0.4, 0.5) is 0 Å². The van der Waals surface area contributed by atoms with E-state index in [9.17, 15) is 23.1 Å². The minimum atomic E-state index is -3.82. The molecule has 8 nitrogen and oxygen atoms in total. The Kier molecular flexibility index (Phi) is 4.08. The lowest BCUT2D eigenvalue weighted by molar-refractivity contribution is -0.165. The summed E-state index contributed by atoms with van der Waals surface area (Å²) in [5, 5.41) is 12.5. The van der Waals surface area contributed by atoms with Crippen molar-refractivity contribution in [2.24, 2.45) is 11.1 Å². The number of amides is 1. The number of benzene rings is 1. The predicted molar refractivity (Wildman–Crippen MR) is 100 cm³/mol. The fourth-order valence-electron chi connectivity index (χ4n) is 4.38. The van der Waals surface area contributed by atoms with Crippen molar-refractivity contribution in [3.63, 3.8) is 0 Å². The standard InChI is InChI=1S/C19H22N2O6S/c1-10-4-6-11(7-5-10)14-9-12(27-20-14)8-13-16(22)21-15(18(23)24)19(2,3)28(25,26)17(13)21/h4-7,12-13,15,17H,8-9H2,1-3H3,(H,23,24)/t12-,13+,15?,17?/m0/s1. The maximum atomic E-state index is 12.9. The molecule has 2 fully saturated rings. The lowest BCUT2D eigenvalue weighted by Crippen LogP contribution is -2.64. The Labute approximate surface area is 163 Å². The second kappa shape index (κ2) is 6.04. The number of aliphatic carboxylic acids is 1. The molecule has 1 aromatic carbocycles. The van der Waals surface area contributed by atoms with Gasteiger partial charge in [0.15, 0.2) is 9.84 Å². The first kappa shape index (κ1) is 18.9. The number of carboxylic acids is 1. The molecule has 0 aliphatic carbocycles. The highest BCUT2D eigenvalue weighted by Crippen LogP contribution is 2.50. The Morgan fingerprint density at radius 3 is 2.57 bits per heavy atom. The number of sulfone groups is 1. The van der Waals surface area contributed by atoms with Gasteiger partial charge in [0.2, 0.25) is 5.91 Å². The molecule has 0 spiro atoms. The SMILES string of the molecule is Cc1ccc(C2=NO[C@@H](C[C@@H]3C(=O)N4C(C(=O)O)C(C)(C)S(=O)(=O)C34)C2)cc1. The number of carboxylic acid groups (broad SMARTS) is 1. The molecular formula is C19H22N2O6S. The van der Waals surface area contributed by atoms with Crippen molar-refractivity contribution in [2.45, 2.75) is 55.9 Å². The summed E-state index contributed by atoms with van der Waals surface area (Å²) < 4.78 is 24.3. The van der Waals surface area contributed by atoms with Gasteiger partial charge in [-0.15, -0.1) is 0 Å². The number of carbonyl (C=O) groups excluding carboxylic acids is 1. The highest BCUT2D eigenvalue weighted by molar-refractivity contribution is 7.93. The molecule has 0 bridgehead atoms. The molecule has 3 heterocycles. The van der Waals surface area contributed by atoms with E-state index in [1.807, 2.05) is 31.2 Å². The van der Waals surface area contributed by atoms with Crippen LogP contribution in [0.2, 0.25) is 0 Å². The lowest BCUT2D eigenvalue weighted by Gasteiger charge is -2.43. The third kappa shape index (κ3) is 2.48. The van der Waals surface area contributed by atoms with Crippen molar-refractivity contribution in [2.75, 3.05) is 0 Å². The first-order valence-electron chi connectivity index (χ1n) is 9.14. The molecule has 1 aromatic rings. The number of hydrogen-bond donors (Lipinski definition) is 1. The summed E-state index contributed by atoms with van der Waals surface area (Å²) >= 11 is 0. The van der Waals surface area contributed by atoms with Crippen molar-refractivity contribution < 1.29 is 28.0 Å². The highest BCUT2D eigenvalue weighted by Gasteiger charge is 2.72.